The van der Waals surface area contributed by atoms with E-state index in [2.05, 4.69) is 29.0 Å². The highest BCUT2D eigenvalue weighted by Crippen LogP contribution is 2.08. The number of nitrogens with two attached hydrogens (primary N) is 1. The summed E-state index contributed by atoms with van der Waals surface area (Å²) >= 11 is 1.43. The smallest absolute Gasteiger partial charge is 0.270 e. The van der Waals surface area contributed by atoms with E-state index in [1.54, 1.807) is 5.38 Å². The van der Waals surface area contributed by atoms with E-state index in [0.717, 1.165) is 37.5 Å². The second-order valence-electron chi connectivity index (χ2n) is 4.32. The van der Waals surface area contributed by atoms with Crippen LogP contribution in [0.1, 0.15) is 42.2 Å². The van der Waals surface area contributed by atoms with Crippen LogP contribution in [0.15, 0.2) is 5.38 Å². The fraction of sp³-hybridized carbons (Fsp3) is 0.692. The van der Waals surface area contributed by atoms with E-state index in [0.29, 0.717) is 18.8 Å². The van der Waals surface area contributed by atoms with Gasteiger partial charge in [0.1, 0.15) is 10.7 Å². The number of halogens is 2. The number of carbonyl (C=O) groups excluding carboxylic acids is 1. The van der Waals surface area contributed by atoms with E-state index in [9.17, 15) is 4.79 Å². The Kier molecular flexibility index (Phi) is 14.5. The third kappa shape index (κ3) is 8.58. The molecule has 21 heavy (non-hydrogen) atoms. The van der Waals surface area contributed by atoms with Crippen molar-refractivity contribution in [1.29, 1.82) is 0 Å². The van der Waals surface area contributed by atoms with Gasteiger partial charge in [0.15, 0.2) is 0 Å². The topological polar surface area (TPSA) is 71.2 Å². The summed E-state index contributed by atoms with van der Waals surface area (Å²) in [7, 11) is 0. The van der Waals surface area contributed by atoms with Crippen LogP contribution in [-0.2, 0) is 6.54 Å². The highest BCUT2D eigenvalue weighted by Gasteiger charge is 2.09. The molecule has 0 aliphatic rings. The van der Waals surface area contributed by atoms with Gasteiger partial charge in [0.2, 0.25) is 0 Å². The Bertz CT molecular complexity index is 386. The SMILES string of the molecule is CCN(CC)CCCCNC(=O)c1csc(CN)n1.Cl.Cl. The van der Waals surface area contributed by atoms with Gasteiger partial charge in [-0.25, -0.2) is 4.98 Å². The minimum atomic E-state index is -0.0983. The molecule has 1 aromatic rings. The van der Waals surface area contributed by atoms with Crippen LogP contribution in [0.25, 0.3) is 0 Å². The van der Waals surface area contributed by atoms with Gasteiger partial charge in [-0.05, 0) is 32.5 Å². The summed E-state index contributed by atoms with van der Waals surface area (Å²) in [6.45, 7) is 8.70. The van der Waals surface area contributed by atoms with Gasteiger partial charge in [-0.1, -0.05) is 13.8 Å². The molecule has 0 saturated heterocycles. The Balaban J connectivity index is 0. The van der Waals surface area contributed by atoms with E-state index in [1.165, 1.54) is 11.3 Å². The normalized spacial score (nSPS) is 9.90. The predicted octanol–water partition coefficient (Wildman–Crippen LogP) is 2.30. The van der Waals surface area contributed by atoms with E-state index in [-0.39, 0.29) is 30.7 Å². The van der Waals surface area contributed by atoms with Gasteiger partial charge in [-0.2, -0.15) is 0 Å². The van der Waals surface area contributed by atoms with E-state index < -0.39 is 0 Å². The largest absolute Gasteiger partial charge is 0.351 e. The minimum absolute atomic E-state index is 0. The summed E-state index contributed by atoms with van der Waals surface area (Å²) in [5, 5.41) is 5.45. The first-order valence-electron chi connectivity index (χ1n) is 6.86. The lowest BCUT2D eigenvalue weighted by molar-refractivity contribution is 0.0948. The molecule has 0 radical (unpaired) electrons. The molecule has 0 aliphatic heterocycles. The van der Waals surface area contributed by atoms with Crippen LogP contribution < -0.4 is 11.1 Å². The van der Waals surface area contributed by atoms with Crippen LogP contribution in [0, 0.1) is 0 Å². The van der Waals surface area contributed by atoms with Gasteiger partial charge in [0, 0.05) is 18.5 Å². The highest BCUT2D eigenvalue weighted by atomic mass is 35.5. The van der Waals surface area contributed by atoms with Crippen molar-refractivity contribution in [3.8, 4) is 0 Å². The monoisotopic (exact) mass is 356 g/mol. The minimum Gasteiger partial charge on any atom is -0.351 e. The Labute approximate surface area is 143 Å². The van der Waals surface area contributed by atoms with Crippen molar-refractivity contribution in [2.24, 2.45) is 5.73 Å². The van der Waals surface area contributed by atoms with Crippen molar-refractivity contribution in [3.63, 3.8) is 0 Å². The Morgan fingerprint density at radius 1 is 1.33 bits per heavy atom. The summed E-state index contributed by atoms with van der Waals surface area (Å²) < 4.78 is 0. The highest BCUT2D eigenvalue weighted by molar-refractivity contribution is 7.09. The van der Waals surface area contributed by atoms with Crippen LogP contribution in [0.4, 0.5) is 0 Å². The number of hydrogen-bond acceptors (Lipinski definition) is 5. The zero-order valence-corrected chi connectivity index (χ0v) is 15.1. The maximum atomic E-state index is 11.8. The van der Waals surface area contributed by atoms with Crippen molar-refractivity contribution < 1.29 is 4.79 Å². The first-order valence-corrected chi connectivity index (χ1v) is 7.74. The van der Waals surface area contributed by atoms with Crippen molar-refractivity contribution in [2.45, 2.75) is 33.2 Å². The molecule has 0 atom stereocenters. The second-order valence-corrected chi connectivity index (χ2v) is 5.26. The summed E-state index contributed by atoms with van der Waals surface area (Å²) in [4.78, 5) is 18.3. The van der Waals surface area contributed by atoms with Gasteiger partial charge >= 0.3 is 0 Å². The molecule has 124 valence electrons. The lowest BCUT2D eigenvalue weighted by atomic mass is 10.3. The van der Waals surface area contributed by atoms with Crippen molar-refractivity contribution in [1.82, 2.24) is 15.2 Å². The van der Waals surface area contributed by atoms with Gasteiger partial charge < -0.3 is 16.0 Å². The average Bonchev–Trinajstić information content (AvgIpc) is 2.91. The van der Waals surface area contributed by atoms with E-state index in [1.807, 2.05) is 0 Å². The second kappa shape index (κ2) is 13.3. The van der Waals surface area contributed by atoms with E-state index in [4.69, 9.17) is 5.73 Å². The maximum absolute atomic E-state index is 11.8. The molecule has 0 aromatic carbocycles. The van der Waals surface area contributed by atoms with Gasteiger partial charge in [0.05, 0.1) is 0 Å². The van der Waals surface area contributed by atoms with Crippen LogP contribution in [-0.4, -0.2) is 42.0 Å². The number of thiazole rings is 1. The molecule has 5 nitrogen and oxygen atoms in total. The lowest BCUT2D eigenvalue weighted by Crippen LogP contribution is -2.27. The molecule has 0 spiro atoms. The number of nitrogens with zero attached hydrogens (tertiary/aromatic N) is 2. The number of amides is 1. The molecule has 0 saturated carbocycles. The Morgan fingerprint density at radius 3 is 2.52 bits per heavy atom. The molecule has 0 bridgehead atoms. The first-order chi connectivity index (χ1) is 9.21. The van der Waals surface area contributed by atoms with Crippen LogP contribution in [0.5, 0.6) is 0 Å². The average molecular weight is 357 g/mol. The predicted molar refractivity (Wildman–Crippen MR) is 93.9 cm³/mol. The standard InChI is InChI=1S/C13H24N4OS.2ClH/c1-3-17(4-2)8-6-5-7-15-13(18)11-10-19-12(9-14)16-11;;/h10H,3-9,14H2,1-2H3,(H,15,18);2*1H. The van der Waals surface area contributed by atoms with E-state index >= 15 is 0 Å². The molecule has 1 rings (SSSR count). The number of aromatic nitrogens is 1. The summed E-state index contributed by atoms with van der Waals surface area (Å²) in [6.07, 6.45) is 2.10. The molecule has 8 heteroatoms. The summed E-state index contributed by atoms with van der Waals surface area (Å²) in [6, 6.07) is 0. The van der Waals surface area contributed by atoms with Gasteiger partial charge in [-0.15, -0.1) is 36.2 Å². The first kappa shape index (κ1) is 22.9. The van der Waals surface area contributed by atoms with Gasteiger partial charge in [-0.3, -0.25) is 4.79 Å². The van der Waals surface area contributed by atoms with Crippen molar-refractivity contribution in [2.75, 3.05) is 26.2 Å². The number of hydrogen-bond donors (Lipinski definition) is 2. The number of rotatable bonds is 9. The summed E-state index contributed by atoms with van der Waals surface area (Å²) in [5.74, 6) is -0.0983. The van der Waals surface area contributed by atoms with Gasteiger partial charge in [0.25, 0.3) is 5.91 Å². The van der Waals surface area contributed by atoms with Crippen LogP contribution >= 0.6 is 36.2 Å². The van der Waals surface area contributed by atoms with Crippen LogP contribution in [0.3, 0.4) is 0 Å². The molecule has 1 aromatic heterocycles. The van der Waals surface area contributed by atoms with Crippen molar-refractivity contribution in [3.05, 3.63) is 16.1 Å². The van der Waals surface area contributed by atoms with Crippen LogP contribution in [0.2, 0.25) is 0 Å². The maximum Gasteiger partial charge on any atom is 0.270 e. The van der Waals surface area contributed by atoms with Crippen molar-refractivity contribution >= 4 is 42.1 Å². The number of nitrogens with one attached hydrogen (secondary N) is 1. The third-order valence-electron chi connectivity index (χ3n) is 3.04. The lowest BCUT2D eigenvalue weighted by Gasteiger charge is -2.17. The molecule has 0 aliphatic carbocycles. The molecule has 1 heterocycles. The molecule has 0 fully saturated rings. The third-order valence-corrected chi connectivity index (χ3v) is 3.91. The fourth-order valence-corrected chi connectivity index (χ4v) is 2.46. The zero-order valence-electron chi connectivity index (χ0n) is 12.6. The molecule has 0 unspecified atom stereocenters. The summed E-state index contributed by atoms with van der Waals surface area (Å²) in [5.41, 5.74) is 5.95. The number of unbranched alkanes of at least 4 members (excludes halogenated alkanes) is 1. The quantitative estimate of drug-likeness (QED) is 0.666. The molecular formula is C13H26Cl2N4OS. The zero-order chi connectivity index (χ0) is 14.1. The Morgan fingerprint density at radius 2 is 2.00 bits per heavy atom. The molecule has 1 amide bonds. The Hall–Kier alpha value is -0.400. The number of carbonyl (C=O) groups is 1. The molecular weight excluding hydrogens is 331 g/mol. The fourth-order valence-electron chi connectivity index (χ4n) is 1.80. The molecule has 3 N–H and O–H groups in total.